The van der Waals surface area contributed by atoms with Crippen LogP contribution in [-0.2, 0) is 4.74 Å². The zero-order valence-corrected chi connectivity index (χ0v) is 6.52. The molecule has 1 aliphatic heterocycles. The van der Waals surface area contributed by atoms with Gasteiger partial charge in [0.15, 0.2) is 0 Å². The molecule has 2 rings (SSSR count). The highest BCUT2D eigenvalue weighted by Crippen LogP contribution is 2.36. The van der Waals surface area contributed by atoms with Crippen LogP contribution in [0.4, 0.5) is 0 Å². The summed E-state index contributed by atoms with van der Waals surface area (Å²) in [6, 6.07) is 0. The monoisotopic (exact) mass is 138 g/mol. The lowest BCUT2D eigenvalue weighted by Crippen LogP contribution is -2.05. The highest BCUT2D eigenvalue weighted by Gasteiger charge is 2.24. The van der Waals surface area contributed by atoms with Gasteiger partial charge in [-0.15, -0.1) is 0 Å². The normalized spacial score (nSPS) is 31.9. The molecule has 1 heteroatoms. The summed E-state index contributed by atoms with van der Waals surface area (Å²) in [5.74, 6) is 2.14. The van der Waals surface area contributed by atoms with E-state index in [0.29, 0.717) is 0 Å². The van der Waals surface area contributed by atoms with Gasteiger partial charge < -0.3 is 4.74 Å². The molecule has 0 aromatic carbocycles. The Morgan fingerprint density at radius 3 is 3.10 bits per heavy atom. The smallest absolute Gasteiger partial charge is 0.0955 e. The molecule has 0 aromatic rings. The van der Waals surface area contributed by atoms with Gasteiger partial charge >= 0.3 is 0 Å². The first kappa shape index (κ1) is 6.26. The fraction of sp³-hybridized carbons (Fsp3) is 0.778. The van der Waals surface area contributed by atoms with Gasteiger partial charge in [-0.2, -0.15) is 0 Å². The van der Waals surface area contributed by atoms with Crippen LogP contribution in [0.5, 0.6) is 0 Å². The molecule has 1 heterocycles. The van der Waals surface area contributed by atoms with Crippen molar-refractivity contribution in [3.05, 3.63) is 11.3 Å². The summed E-state index contributed by atoms with van der Waals surface area (Å²) in [7, 11) is 0. The van der Waals surface area contributed by atoms with Crippen molar-refractivity contribution >= 4 is 0 Å². The first-order chi connectivity index (χ1) is 4.88. The van der Waals surface area contributed by atoms with E-state index in [1.165, 1.54) is 31.4 Å². The summed E-state index contributed by atoms with van der Waals surface area (Å²) in [5, 5.41) is 0. The summed E-state index contributed by atoms with van der Waals surface area (Å²) >= 11 is 0. The van der Waals surface area contributed by atoms with Gasteiger partial charge in [-0.05, 0) is 24.3 Å². The third-order valence-electron chi connectivity index (χ3n) is 2.64. The van der Waals surface area contributed by atoms with Crippen molar-refractivity contribution in [2.75, 3.05) is 6.61 Å². The highest BCUT2D eigenvalue weighted by molar-refractivity contribution is 5.18. The van der Waals surface area contributed by atoms with E-state index < -0.39 is 0 Å². The van der Waals surface area contributed by atoms with Crippen LogP contribution in [0.25, 0.3) is 0 Å². The molecule has 2 aliphatic rings. The van der Waals surface area contributed by atoms with Crippen LogP contribution in [0.1, 0.15) is 32.6 Å². The van der Waals surface area contributed by atoms with Crippen LogP contribution < -0.4 is 0 Å². The Labute approximate surface area is 62.1 Å². The number of allylic oxidation sites excluding steroid dienone is 1. The molecule has 0 spiro atoms. The minimum atomic E-state index is 0.811. The third-order valence-corrected chi connectivity index (χ3v) is 2.64. The summed E-state index contributed by atoms with van der Waals surface area (Å²) < 4.78 is 5.51. The summed E-state index contributed by atoms with van der Waals surface area (Å²) in [5.41, 5.74) is 1.62. The fourth-order valence-electron chi connectivity index (χ4n) is 2.01. The molecule has 1 atom stereocenters. The lowest BCUT2D eigenvalue weighted by atomic mass is 9.87. The maximum absolute atomic E-state index is 5.51. The molecule has 0 aromatic heterocycles. The molecule has 1 nitrogen and oxygen atoms in total. The Morgan fingerprint density at radius 1 is 1.40 bits per heavy atom. The SMILES string of the molecule is CC1CCCC2=C1CCO2. The number of rotatable bonds is 0. The van der Waals surface area contributed by atoms with Crippen molar-refractivity contribution in [3.63, 3.8) is 0 Å². The average Bonchev–Trinajstić information content (AvgIpc) is 2.36. The van der Waals surface area contributed by atoms with Gasteiger partial charge in [0.25, 0.3) is 0 Å². The first-order valence-corrected chi connectivity index (χ1v) is 4.22. The molecule has 0 fully saturated rings. The average molecular weight is 138 g/mol. The second-order valence-electron chi connectivity index (χ2n) is 3.34. The maximum Gasteiger partial charge on any atom is 0.0955 e. The first-order valence-electron chi connectivity index (χ1n) is 4.22. The van der Waals surface area contributed by atoms with Crippen molar-refractivity contribution in [2.24, 2.45) is 5.92 Å². The van der Waals surface area contributed by atoms with E-state index in [1.807, 2.05) is 0 Å². The second-order valence-corrected chi connectivity index (χ2v) is 3.34. The summed E-state index contributed by atoms with van der Waals surface area (Å²) in [6.45, 7) is 3.28. The largest absolute Gasteiger partial charge is 0.498 e. The van der Waals surface area contributed by atoms with Crippen LogP contribution in [0.15, 0.2) is 11.3 Å². The van der Waals surface area contributed by atoms with Gasteiger partial charge in [-0.1, -0.05) is 6.92 Å². The molecule has 0 N–H and O–H groups in total. The Balaban J connectivity index is 2.22. The molecule has 56 valence electrons. The number of hydrogen-bond acceptors (Lipinski definition) is 1. The Bertz CT molecular complexity index is 170. The minimum absolute atomic E-state index is 0.811. The third kappa shape index (κ3) is 0.845. The van der Waals surface area contributed by atoms with E-state index >= 15 is 0 Å². The molecular formula is C9H14O. The van der Waals surface area contributed by atoms with E-state index in [1.54, 1.807) is 5.57 Å². The van der Waals surface area contributed by atoms with Gasteiger partial charge in [0, 0.05) is 12.8 Å². The zero-order chi connectivity index (χ0) is 6.97. The molecule has 10 heavy (non-hydrogen) atoms. The number of hydrogen-bond donors (Lipinski definition) is 0. The van der Waals surface area contributed by atoms with Crippen molar-refractivity contribution in [1.82, 2.24) is 0 Å². The predicted octanol–water partition coefficient (Wildman–Crippen LogP) is 2.48. The van der Waals surface area contributed by atoms with Gasteiger partial charge in [-0.25, -0.2) is 0 Å². The van der Waals surface area contributed by atoms with E-state index in [2.05, 4.69) is 6.92 Å². The molecule has 0 saturated heterocycles. The van der Waals surface area contributed by atoms with Crippen molar-refractivity contribution < 1.29 is 4.74 Å². The molecular weight excluding hydrogens is 124 g/mol. The number of ether oxygens (including phenoxy) is 1. The van der Waals surface area contributed by atoms with Gasteiger partial charge in [0.2, 0.25) is 0 Å². The van der Waals surface area contributed by atoms with Crippen LogP contribution >= 0.6 is 0 Å². The van der Waals surface area contributed by atoms with Gasteiger partial charge in [0.05, 0.1) is 12.4 Å². The van der Waals surface area contributed by atoms with E-state index in [-0.39, 0.29) is 0 Å². The minimum Gasteiger partial charge on any atom is -0.498 e. The molecule has 1 aliphatic carbocycles. The van der Waals surface area contributed by atoms with Gasteiger partial charge in [-0.3, -0.25) is 0 Å². The van der Waals surface area contributed by atoms with Gasteiger partial charge in [0.1, 0.15) is 0 Å². The predicted molar refractivity (Wildman–Crippen MR) is 40.6 cm³/mol. The molecule has 0 saturated carbocycles. The molecule has 0 radical (unpaired) electrons. The van der Waals surface area contributed by atoms with E-state index in [9.17, 15) is 0 Å². The quantitative estimate of drug-likeness (QED) is 0.499. The Hall–Kier alpha value is -0.460. The summed E-state index contributed by atoms with van der Waals surface area (Å²) in [4.78, 5) is 0. The topological polar surface area (TPSA) is 9.23 Å². The van der Waals surface area contributed by atoms with E-state index in [0.717, 1.165) is 12.5 Å². The molecule has 1 unspecified atom stereocenters. The van der Waals surface area contributed by atoms with Crippen LogP contribution in [0.2, 0.25) is 0 Å². The summed E-state index contributed by atoms with van der Waals surface area (Å²) in [6.07, 6.45) is 5.12. The zero-order valence-electron chi connectivity index (χ0n) is 6.52. The molecule has 0 bridgehead atoms. The maximum atomic E-state index is 5.51. The Kier molecular flexibility index (Phi) is 1.44. The highest BCUT2D eigenvalue weighted by atomic mass is 16.5. The molecule has 0 amide bonds. The Morgan fingerprint density at radius 2 is 2.30 bits per heavy atom. The van der Waals surface area contributed by atoms with E-state index in [4.69, 9.17) is 4.74 Å². The lowest BCUT2D eigenvalue weighted by molar-refractivity contribution is 0.229. The van der Waals surface area contributed by atoms with Crippen molar-refractivity contribution in [3.8, 4) is 0 Å². The standard InChI is InChI=1S/C9H14O/c1-7-3-2-4-9-8(7)5-6-10-9/h7H,2-6H2,1H3. The van der Waals surface area contributed by atoms with Crippen LogP contribution in [0, 0.1) is 5.92 Å². The van der Waals surface area contributed by atoms with Crippen LogP contribution in [0.3, 0.4) is 0 Å². The fourth-order valence-corrected chi connectivity index (χ4v) is 2.01. The van der Waals surface area contributed by atoms with Crippen molar-refractivity contribution in [2.45, 2.75) is 32.6 Å². The second kappa shape index (κ2) is 2.30. The van der Waals surface area contributed by atoms with Crippen molar-refractivity contribution in [1.29, 1.82) is 0 Å². The lowest BCUT2D eigenvalue weighted by Gasteiger charge is -2.18. The van der Waals surface area contributed by atoms with Crippen LogP contribution in [-0.4, -0.2) is 6.61 Å².